The van der Waals surface area contributed by atoms with Gasteiger partial charge >= 0.3 is 0 Å². The molecule has 1 fully saturated rings. The maximum Gasteiger partial charge on any atom is 0.264 e. The molecule has 1 amide bonds. The van der Waals surface area contributed by atoms with E-state index in [4.69, 9.17) is 23.2 Å². The van der Waals surface area contributed by atoms with Crippen molar-refractivity contribution in [3.63, 3.8) is 0 Å². The number of hydrogen-bond donors (Lipinski definition) is 2. The molecule has 160 valence electrons. The molecule has 0 radical (unpaired) electrons. The van der Waals surface area contributed by atoms with E-state index in [-0.39, 0.29) is 38.5 Å². The van der Waals surface area contributed by atoms with E-state index in [1.54, 1.807) is 26.0 Å². The SMILES string of the molecule is Cc1cc(C)nc(NS(=O)(=O)c2ccc(NC(=O)[C@H]3[C@@H](C=C(Cl)Cl)C3(C)C)cc2)n1. The molecule has 1 aliphatic carbocycles. The van der Waals surface area contributed by atoms with Crippen LogP contribution in [0.3, 0.4) is 0 Å². The maximum atomic E-state index is 12.6. The summed E-state index contributed by atoms with van der Waals surface area (Å²) in [6.45, 7) is 7.44. The van der Waals surface area contributed by atoms with E-state index in [0.717, 1.165) is 0 Å². The molecular formula is C20H22Cl2N4O3S. The van der Waals surface area contributed by atoms with Gasteiger partial charge in [-0.25, -0.2) is 23.1 Å². The smallest absolute Gasteiger partial charge is 0.264 e. The highest BCUT2D eigenvalue weighted by molar-refractivity contribution is 7.92. The molecule has 0 saturated heterocycles. The van der Waals surface area contributed by atoms with Gasteiger partial charge in [-0.1, -0.05) is 37.0 Å². The van der Waals surface area contributed by atoms with Crippen LogP contribution in [-0.2, 0) is 14.8 Å². The van der Waals surface area contributed by atoms with Crippen molar-refractivity contribution < 1.29 is 13.2 Å². The zero-order chi connectivity index (χ0) is 22.3. The molecule has 30 heavy (non-hydrogen) atoms. The Morgan fingerprint density at radius 1 is 1.10 bits per heavy atom. The first-order valence-corrected chi connectivity index (χ1v) is 11.4. The monoisotopic (exact) mass is 468 g/mol. The standard InChI is InChI=1S/C20H22Cl2N4O3S/c1-11-9-12(2)24-19(23-11)26-30(28,29)14-7-5-13(6-8-14)25-18(27)17-15(10-16(21)22)20(17,3)4/h5-10,15,17H,1-4H3,(H,25,27)(H,23,24,26)/t15-,17-/m1/s1. The summed E-state index contributed by atoms with van der Waals surface area (Å²) in [5.41, 5.74) is 1.55. The van der Waals surface area contributed by atoms with Gasteiger partial charge in [0.1, 0.15) is 4.49 Å². The first kappa shape index (κ1) is 22.5. The molecule has 10 heteroatoms. The molecule has 7 nitrogen and oxygen atoms in total. The van der Waals surface area contributed by atoms with Gasteiger partial charge in [0.15, 0.2) is 0 Å². The normalized spacial score (nSPS) is 19.7. The lowest BCUT2D eigenvalue weighted by atomic mass is 10.1. The predicted octanol–water partition coefficient (Wildman–Crippen LogP) is 4.42. The number of carbonyl (C=O) groups excluding carboxylic acids is 1. The third kappa shape index (κ3) is 4.94. The van der Waals surface area contributed by atoms with Crippen LogP contribution >= 0.6 is 23.2 Å². The van der Waals surface area contributed by atoms with Crippen LogP contribution in [0.5, 0.6) is 0 Å². The van der Waals surface area contributed by atoms with Crippen molar-refractivity contribution in [3.8, 4) is 0 Å². The van der Waals surface area contributed by atoms with Crippen molar-refractivity contribution in [1.82, 2.24) is 9.97 Å². The number of aromatic nitrogens is 2. The van der Waals surface area contributed by atoms with Crippen molar-refractivity contribution >= 4 is 50.8 Å². The number of benzene rings is 1. The summed E-state index contributed by atoms with van der Waals surface area (Å²) in [4.78, 5) is 20.8. The van der Waals surface area contributed by atoms with Crippen LogP contribution in [0.15, 0.2) is 45.8 Å². The molecule has 0 unspecified atom stereocenters. The van der Waals surface area contributed by atoms with E-state index in [2.05, 4.69) is 20.0 Å². The summed E-state index contributed by atoms with van der Waals surface area (Å²) in [6, 6.07) is 7.63. The molecular weight excluding hydrogens is 447 g/mol. The van der Waals surface area contributed by atoms with Crippen LogP contribution in [0.4, 0.5) is 11.6 Å². The van der Waals surface area contributed by atoms with Gasteiger partial charge in [-0.05, 0) is 61.6 Å². The molecule has 1 aromatic heterocycles. The summed E-state index contributed by atoms with van der Waals surface area (Å²) in [7, 11) is -3.86. The Hall–Kier alpha value is -2.16. The summed E-state index contributed by atoms with van der Waals surface area (Å²) in [5.74, 6) is -0.480. The Bertz CT molecular complexity index is 1090. The number of hydrogen-bond acceptors (Lipinski definition) is 5. The maximum absolute atomic E-state index is 12.6. The fourth-order valence-corrected chi connectivity index (χ4v) is 4.73. The summed E-state index contributed by atoms with van der Waals surface area (Å²) < 4.78 is 27.7. The number of halogens is 2. The molecule has 1 heterocycles. The highest BCUT2D eigenvalue weighted by Gasteiger charge is 2.60. The Morgan fingerprint density at radius 3 is 2.20 bits per heavy atom. The molecule has 0 spiro atoms. The quantitative estimate of drug-likeness (QED) is 0.652. The van der Waals surface area contributed by atoms with E-state index >= 15 is 0 Å². The summed E-state index contributed by atoms with van der Waals surface area (Å²) in [6.07, 6.45) is 1.67. The fraction of sp³-hybridized carbons (Fsp3) is 0.350. The minimum absolute atomic E-state index is 0.0119. The molecule has 2 aromatic rings. The van der Waals surface area contributed by atoms with Gasteiger partial charge in [-0.3, -0.25) is 4.79 Å². The highest BCUT2D eigenvalue weighted by Crippen LogP contribution is 2.60. The first-order valence-electron chi connectivity index (χ1n) is 9.19. The Labute approximate surface area is 186 Å². The van der Waals surface area contributed by atoms with Crippen molar-refractivity contribution in [3.05, 3.63) is 52.3 Å². The van der Waals surface area contributed by atoms with E-state index in [1.807, 2.05) is 13.8 Å². The molecule has 1 aromatic carbocycles. The largest absolute Gasteiger partial charge is 0.326 e. The van der Waals surface area contributed by atoms with Gasteiger partial charge in [-0.2, -0.15) is 0 Å². The molecule has 0 aliphatic heterocycles. The number of allylic oxidation sites excluding steroid dienone is 1. The predicted molar refractivity (Wildman–Crippen MR) is 118 cm³/mol. The van der Waals surface area contributed by atoms with Crippen LogP contribution in [0, 0.1) is 31.1 Å². The number of aryl methyl sites for hydroxylation is 2. The number of anilines is 2. The Balaban J connectivity index is 1.70. The van der Waals surface area contributed by atoms with E-state index in [0.29, 0.717) is 17.1 Å². The van der Waals surface area contributed by atoms with Gasteiger partial charge in [-0.15, -0.1) is 0 Å². The molecule has 2 N–H and O–H groups in total. The number of nitrogens with zero attached hydrogens (tertiary/aromatic N) is 2. The van der Waals surface area contributed by atoms with Gasteiger partial charge in [0.2, 0.25) is 11.9 Å². The van der Waals surface area contributed by atoms with Crippen LogP contribution in [0.25, 0.3) is 0 Å². The lowest BCUT2D eigenvalue weighted by Gasteiger charge is -2.10. The van der Waals surface area contributed by atoms with Crippen LogP contribution in [0.1, 0.15) is 25.2 Å². The second-order valence-corrected chi connectivity index (χ2v) is 10.6. The van der Waals surface area contributed by atoms with Crippen molar-refractivity contribution in [2.24, 2.45) is 17.3 Å². The third-order valence-electron chi connectivity index (χ3n) is 5.14. The van der Waals surface area contributed by atoms with Crippen molar-refractivity contribution in [1.29, 1.82) is 0 Å². The minimum Gasteiger partial charge on any atom is -0.326 e. The van der Waals surface area contributed by atoms with Crippen LogP contribution < -0.4 is 10.0 Å². The zero-order valence-corrected chi connectivity index (χ0v) is 19.2. The number of carbonyl (C=O) groups is 1. The Morgan fingerprint density at radius 2 is 1.67 bits per heavy atom. The van der Waals surface area contributed by atoms with E-state index < -0.39 is 10.0 Å². The number of nitrogens with one attached hydrogen (secondary N) is 2. The minimum atomic E-state index is -3.86. The second kappa shape index (κ2) is 8.17. The highest BCUT2D eigenvalue weighted by atomic mass is 35.5. The lowest BCUT2D eigenvalue weighted by Crippen LogP contribution is -2.18. The third-order valence-corrected chi connectivity index (χ3v) is 6.73. The van der Waals surface area contributed by atoms with Crippen LogP contribution in [-0.4, -0.2) is 24.3 Å². The van der Waals surface area contributed by atoms with Crippen molar-refractivity contribution in [2.45, 2.75) is 32.6 Å². The summed E-state index contributed by atoms with van der Waals surface area (Å²) >= 11 is 11.5. The van der Waals surface area contributed by atoms with E-state index in [1.165, 1.54) is 24.3 Å². The zero-order valence-electron chi connectivity index (χ0n) is 16.9. The average Bonchev–Trinajstić information content (AvgIpc) is 3.13. The topological polar surface area (TPSA) is 101 Å². The van der Waals surface area contributed by atoms with Crippen molar-refractivity contribution in [2.75, 3.05) is 10.0 Å². The fourth-order valence-electron chi connectivity index (χ4n) is 3.51. The molecule has 2 atom stereocenters. The van der Waals surface area contributed by atoms with E-state index in [9.17, 15) is 13.2 Å². The number of amides is 1. The molecule has 0 bridgehead atoms. The van der Waals surface area contributed by atoms with Crippen LogP contribution in [0.2, 0.25) is 0 Å². The average molecular weight is 469 g/mol. The first-order chi connectivity index (χ1) is 13.9. The number of rotatable bonds is 6. The van der Waals surface area contributed by atoms with Gasteiger partial charge < -0.3 is 5.32 Å². The Kier molecular flexibility index (Phi) is 6.13. The molecule has 1 aliphatic rings. The molecule has 1 saturated carbocycles. The lowest BCUT2D eigenvalue weighted by molar-refractivity contribution is -0.118. The second-order valence-electron chi connectivity index (χ2n) is 7.87. The number of sulfonamides is 1. The van der Waals surface area contributed by atoms with Gasteiger partial charge in [0.05, 0.1) is 10.8 Å². The van der Waals surface area contributed by atoms with Gasteiger partial charge in [0, 0.05) is 17.1 Å². The van der Waals surface area contributed by atoms with Gasteiger partial charge in [0.25, 0.3) is 10.0 Å². The summed E-state index contributed by atoms with van der Waals surface area (Å²) in [5, 5.41) is 2.81. The molecule has 3 rings (SSSR count).